The van der Waals surface area contributed by atoms with Gasteiger partial charge in [0, 0.05) is 6.08 Å². The van der Waals surface area contributed by atoms with Gasteiger partial charge in [0.15, 0.2) is 4.34 Å². The molecular weight excluding hydrogens is 202 g/mol. The standard InChI is InChI=1S/C8H9N3S2/c1-2-12-8-11-7(10)6(13-8)4-3-5-9/h3-4H,2,10H2,1H3/b4-3+. The van der Waals surface area contributed by atoms with E-state index in [4.69, 9.17) is 11.0 Å². The average molecular weight is 211 g/mol. The predicted octanol–water partition coefficient (Wildman–Crippen LogP) is 2.37. The van der Waals surface area contributed by atoms with E-state index in [0.717, 1.165) is 15.0 Å². The van der Waals surface area contributed by atoms with Crippen molar-refractivity contribution in [2.24, 2.45) is 0 Å². The topological polar surface area (TPSA) is 62.7 Å². The molecule has 13 heavy (non-hydrogen) atoms. The molecule has 0 aliphatic rings. The maximum absolute atomic E-state index is 8.33. The smallest absolute Gasteiger partial charge is 0.152 e. The van der Waals surface area contributed by atoms with E-state index in [2.05, 4.69) is 11.9 Å². The molecule has 0 saturated carbocycles. The maximum atomic E-state index is 8.33. The van der Waals surface area contributed by atoms with Crippen molar-refractivity contribution >= 4 is 35.0 Å². The van der Waals surface area contributed by atoms with Gasteiger partial charge in [0.05, 0.1) is 10.9 Å². The van der Waals surface area contributed by atoms with Gasteiger partial charge in [0.1, 0.15) is 5.82 Å². The molecular formula is C8H9N3S2. The lowest BCUT2D eigenvalue weighted by atomic mass is 10.4. The Kier molecular flexibility index (Phi) is 3.80. The average Bonchev–Trinajstić information content (AvgIpc) is 2.44. The van der Waals surface area contributed by atoms with Gasteiger partial charge in [0.2, 0.25) is 0 Å². The second-order valence-corrected chi connectivity index (χ2v) is 4.67. The van der Waals surface area contributed by atoms with Gasteiger partial charge in [-0.05, 0) is 11.8 Å². The van der Waals surface area contributed by atoms with Gasteiger partial charge < -0.3 is 5.73 Å². The number of aromatic nitrogens is 1. The van der Waals surface area contributed by atoms with E-state index in [0.29, 0.717) is 5.82 Å². The van der Waals surface area contributed by atoms with Crippen molar-refractivity contribution in [3.8, 4) is 6.07 Å². The molecule has 5 heteroatoms. The minimum Gasteiger partial charge on any atom is -0.382 e. The normalized spacial score (nSPS) is 10.5. The molecule has 0 fully saturated rings. The first-order valence-corrected chi connectivity index (χ1v) is 5.53. The van der Waals surface area contributed by atoms with Crippen molar-refractivity contribution in [3.63, 3.8) is 0 Å². The molecule has 0 aliphatic carbocycles. The summed E-state index contributed by atoms with van der Waals surface area (Å²) in [5, 5.41) is 8.33. The highest BCUT2D eigenvalue weighted by Crippen LogP contribution is 2.29. The van der Waals surface area contributed by atoms with E-state index >= 15 is 0 Å². The zero-order valence-electron chi connectivity index (χ0n) is 7.15. The van der Waals surface area contributed by atoms with Gasteiger partial charge in [-0.3, -0.25) is 0 Å². The van der Waals surface area contributed by atoms with Gasteiger partial charge in [0.25, 0.3) is 0 Å². The molecule has 0 spiro atoms. The first-order valence-electron chi connectivity index (χ1n) is 3.73. The highest BCUT2D eigenvalue weighted by atomic mass is 32.2. The summed E-state index contributed by atoms with van der Waals surface area (Å²) in [4.78, 5) is 5.01. The monoisotopic (exact) mass is 211 g/mol. The van der Waals surface area contributed by atoms with Gasteiger partial charge in [-0.25, -0.2) is 4.98 Å². The van der Waals surface area contributed by atoms with Gasteiger partial charge in [-0.1, -0.05) is 18.7 Å². The molecule has 1 aromatic rings. The molecule has 0 amide bonds. The maximum Gasteiger partial charge on any atom is 0.152 e. The Balaban J connectivity index is 2.84. The summed E-state index contributed by atoms with van der Waals surface area (Å²) in [6.07, 6.45) is 3.09. The summed E-state index contributed by atoms with van der Waals surface area (Å²) in [6, 6.07) is 1.92. The van der Waals surface area contributed by atoms with Crippen molar-refractivity contribution in [2.45, 2.75) is 11.3 Å². The van der Waals surface area contributed by atoms with Crippen molar-refractivity contribution in [1.29, 1.82) is 5.26 Å². The van der Waals surface area contributed by atoms with Crippen LogP contribution in [0.15, 0.2) is 10.4 Å². The van der Waals surface area contributed by atoms with Crippen LogP contribution >= 0.6 is 23.1 Å². The number of nitrogens with two attached hydrogens (primary N) is 1. The Morgan fingerprint density at radius 1 is 1.77 bits per heavy atom. The SMILES string of the molecule is CCSc1nc(N)c(/C=C/C#N)s1. The highest BCUT2D eigenvalue weighted by molar-refractivity contribution is 8.01. The fourth-order valence-electron chi connectivity index (χ4n) is 0.740. The summed E-state index contributed by atoms with van der Waals surface area (Å²) >= 11 is 3.17. The summed E-state index contributed by atoms with van der Waals surface area (Å²) in [7, 11) is 0. The molecule has 2 N–H and O–H groups in total. The second-order valence-electron chi connectivity index (χ2n) is 2.12. The van der Waals surface area contributed by atoms with Crippen LogP contribution in [0.4, 0.5) is 5.82 Å². The van der Waals surface area contributed by atoms with Crippen LogP contribution in [0.3, 0.4) is 0 Å². The molecule has 1 heterocycles. The van der Waals surface area contributed by atoms with Gasteiger partial charge in [-0.2, -0.15) is 5.26 Å². The van der Waals surface area contributed by atoms with Crippen LogP contribution in [-0.2, 0) is 0 Å². The molecule has 0 unspecified atom stereocenters. The number of rotatable bonds is 3. The summed E-state index contributed by atoms with van der Waals surface area (Å²) in [6.45, 7) is 2.06. The number of hydrogen-bond acceptors (Lipinski definition) is 5. The number of hydrogen-bond donors (Lipinski definition) is 1. The summed E-state index contributed by atoms with van der Waals surface area (Å²) in [5.74, 6) is 1.49. The highest BCUT2D eigenvalue weighted by Gasteiger charge is 2.04. The number of thioether (sulfide) groups is 1. The van der Waals surface area contributed by atoms with E-state index in [9.17, 15) is 0 Å². The minimum atomic E-state index is 0.507. The Morgan fingerprint density at radius 2 is 2.54 bits per heavy atom. The molecule has 0 bridgehead atoms. The zero-order valence-corrected chi connectivity index (χ0v) is 8.78. The van der Waals surface area contributed by atoms with E-state index in [1.165, 1.54) is 17.4 Å². The van der Waals surface area contributed by atoms with Crippen LogP contribution in [0.2, 0.25) is 0 Å². The molecule has 1 rings (SSSR count). The summed E-state index contributed by atoms with van der Waals surface area (Å²) in [5.41, 5.74) is 5.64. The lowest BCUT2D eigenvalue weighted by Gasteiger charge is -1.85. The van der Waals surface area contributed by atoms with Crippen molar-refractivity contribution < 1.29 is 0 Å². The van der Waals surface area contributed by atoms with Crippen LogP contribution < -0.4 is 5.73 Å². The predicted molar refractivity (Wildman–Crippen MR) is 57.6 cm³/mol. The van der Waals surface area contributed by atoms with E-state index in [1.807, 2.05) is 6.07 Å². The van der Waals surface area contributed by atoms with Crippen molar-refractivity contribution in [1.82, 2.24) is 4.98 Å². The quantitative estimate of drug-likeness (QED) is 0.616. The van der Waals surface area contributed by atoms with Crippen LogP contribution in [-0.4, -0.2) is 10.7 Å². The Bertz CT molecular complexity index is 349. The molecule has 0 aliphatic heterocycles. The Hall–Kier alpha value is -0.990. The second kappa shape index (κ2) is 4.90. The molecule has 1 aromatic heterocycles. The van der Waals surface area contributed by atoms with Crippen molar-refractivity contribution in [3.05, 3.63) is 11.0 Å². The molecule has 0 aromatic carbocycles. The molecule has 0 radical (unpaired) electrons. The van der Waals surface area contributed by atoms with E-state index in [-0.39, 0.29) is 0 Å². The fourth-order valence-corrected chi connectivity index (χ4v) is 2.63. The van der Waals surface area contributed by atoms with Gasteiger partial charge in [-0.15, -0.1) is 11.3 Å². The third kappa shape index (κ3) is 2.76. The third-order valence-corrected chi connectivity index (χ3v) is 3.30. The molecule has 0 atom stereocenters. The van der Waals surface area contributed by atoms with Crippen LogP contribution in [0, 0.1) is 11.3 Å². The Labute approximate surface area is 85.3 Å². The lowest BCUT2D eigenvalue weighted by Crippen LogP contribution is -1.85. The number of nitrogen functional groups attached to an aromatic ring is 1. The number of nitriles is 1. The number of thiazole rings is 1. The fraction of sp³-hybridized carbons (Fsp3) is 0.250. The first kappa shape index (κ1) is 10.1. The van der Waals surface area contributed by atoms with Crippen LogP contribution in [0.1, 0.15) is 11.8 Å². The summed E-state index contributed by atoms with van der Waals surface area (Å²) < 4.78 is 0.956. The van der Waals surface area contributed by atoms with Crippen LogP contribution in [0.5, 0.6) is 0 Å². The van der Waals surface area contributed by atoms with Gasteiger partial charge >= 0.3 is 0 Å². The molecule has 68 valence electrons. The van der Waals surface area contributed by atoms with Crippen molar-refractivity contribution in [2.75, 3.05) is 11.5 Å². The Morgan fingerprint density at radius 3 is 3.15 bits per heavy atom. The molecule has 3 nitrogen and oxygen atoms in total. The largest absolute Gasteiger partial charge is 0.382 e. The lowest BCUT2D eigenvalue weighted by molar-refractivity contribution is 1.25. The minimum absolute atomic E-state index is 0.507. The first-order chi connectivity index (χ1) is 6.27. The number of nitrogens with zero attached hydrogens (tertiary/aromatic N) is 2. The third-order valence-electron chi connectivity index (χ3n) is 1.24. The number of allylic oxidation sites excluding steroid dienone is 1. The van der Waals surface area contributed by atoms with Crippen LogP contribution in [0.25, 0.3) is 6.08 Å². The zero-order chi connectivity index (χ0) is 9.68. The number of anilines is 1. The van der Waals surface area contributed by atoms with E-state index < -0.39 is 0 Å². The molecule has 0 saturated heterocycles. The van der Waals surface area contributed by atoms with E-state index in [1.54, 1.807) is 17.8 Å².